The van der Waals surface area contributed by atoms with Crippen LogP contribution >= 0.6 is 0 Å². The summed E-state index contributed by atoms with van der Waals surface area (Å²) in [6.45, 7) is 0. The number of amides is 3. The zero-order valence-electron chi connectivity index (χ0n) is 14.3. The molecule has 7 nitrogen and oxygen atoms in total. The fourth-order valence-electron chi connectivity index (χ4n) is 2.65. The molecule has 0 saturated heterocycles. The Kier molecular flexibility index (Phi) is 5.30. The Hall–Kier alpha value is -3.43. The van der Waals surface area contributed by atoms with Crippen molar-refractivity contribution >= 4 is 29.1 Å². The van der Waals surface area contributed by atoms with Crippen molar-refractivity contribution in [3.8, 4) is 0 Å². The Morgan fingerprint density at radius 3 is 2.57 bits per heavy atom. The summed E-state index contributed by atoms with van der Waals surface area (Å²) < 4.78 is 37.5. The van der Waals surface area contributed by atoms with Crippen molar-refractivity contribution in [2.24, 2.45) is 0 Å². The lowest BCUT2D eigenvalue weighted by Gasteiger charge is -2.14. The van der Waals surface area contributed by atoms with Crippen molar-refractivity contribution in [3.63, 3.8) is 0 Å². The Morgan fingerprint density at radius 2 is 1.89 bits per heavy atom. The van der Waals surface area contributed by atoms with E-state index in [1.807, 2.05) is 0 Å². The highest BCUT2D eigenvalue weighted by Gasteiger charge is 2.32. The van der Waals surface area contributed by atoms with E-state index in [1.54, 1.807) is 24.3 Å². The Balaban J connectivity index is 1.57. The van der Waals surface area contributed by atoms with Crippen molar-refractivity contribution < 1.29 is 27.6 Å². The number of nitrogens with zero attached hydrogens (tertiary/aromatic N) is 1. The van der Waals surface area contributed by atoms with Gasteiger partial charge < -0.3 is 16.0 Å². The van der Waals surface area contributed by atoms with Gasteiger partial charge in [-0.05, 0) is 30.7 Å². The Labute approximate surface area is 157 Å². The van der Waals surface area contributed by atoms with Gasteiger partial charge in [0.1, 0.15) is 11.7 Å². The van der Waals surface area contributed by atoms with Crippen molar-refractivity contribution in [3.05, 3.63) is 53.9 Å². The van der Waals surface area contributed by atoms with Crippen molar-refractivity contribution in [2.75, 3.05) is 10.6 Å². The normalized spacial score (nSPS) is 16.5. The molecule has 3 amide bonds. The van der Waals surface area contributed by atoms with E-state index in [0.717, 1.165) is 18.3 Å². The summed E-state index contributed by atoms with van der Waals surface area (Å²) in [6, 6.07) is 7.43. The zero-order chi connectivity index (χ0) is 20.3. The van der Waals surface area contributed by atoms with Gasteiger partial charge in [-0.3, -0.25) is 14.4 Å². The van der Waals surface area contributed by atoms with E-state index in [9.17, 15) is 27.6 Å². The van der Waals surface area contributed by atoms with Crippen LogP contribution in [0.1, 0.15) is 28.9 Å². The van der Waals surface area contributed by atoms with Gasteiger partial charge in [0, 0.05) is 6.42 Å². The summed E-state index contributed by atoms with van der Waals surface area (Å²) in [6.07, 6.45) is -3.77. The average Bonchev–Trinajstić information content (AvgIpc) is 2.76. The van der Waals surface area contributed by atoms with Crippen LogP contribution in [0.4, 0.5) is 24.5 Å². The number of anilines is 2. The molecule has 3 rings (SSSR count). The molecule has 0 spiro atoms. The molecule has 0 radical (unpaired) electrons. The first-order chi connectivity index (χ1) is 13.2. The fourth-order valence-corrected chi connectivity index (χ4v) is 2.65. The molecule has 2 aromatic rings. The van der Waals surface area contributed by atoms with Gasteiger partial charge in [0.15, 0.2) is 0 Å². The molecule has 0 bridgehead atoms. The van der Waals surface area contributed by atoms with Crippen LogP contribution in [0.25, 0.3) is 0 Å². The number of benzene rings is 1. The standard InChI is InChI=1S/C18H15F3N4O3/c19-18(20,21)14-7-5-10(9-22-14)23-15(26)8-6-13-17(28)24-12-4-2-1-3-11(12)16(27)25-13/h1-5,7,9,13H,6,8H2,(H,23,26)(H,24,28)(H,25,27)/t13-/m1/s1. The van der Waals surface area contributed by atoms with Crippen LogP contribution in [0.5, 0.6) is 0 Å². The minimum absolute atomic E-state index is 0.0193. The second-order valence-corrected chi connectivity index (χ2v) is 6.08. The predicted octanol–water partition coefficient (Wildman–Crippen LogP) is 2.57. The number of hydrogen-bond acceptors (Lipinski definition) is 4. The molecule has 1 aliphatic rings. The van der Waals surface area contributed by atoms with Gasteiger partial charge in [-0.2, -0.15) is 13.2 Å². The number of carbonyl (C=O) groups is 3. The molecule has 1 atom stereocenters. The predicted molar refractivity (Wildman–Crippen MR) is 93.4 cm³/mol. The number of carbonyl (C=O) groups excluding carboxylic acids is 3. The van der Waals surface area contributed by atoms with Crippen LogP contribution in [-0.2, 0) is 15.8 Å². The molecule has 0 aliphatic carbocycles. The lowest BCUT2D eigenvalue weighted by molar-refractivity contribution is -0.141. The van der Waals surface area contributed by atoms with Gasteiger partial charge in [-0.1, -0.05) is 12.1 Å². The largest absolute Gasteiger partial charge is 0.433 e. The van der Waals surface area contributed by atoms with E-state index < -0.39 is 35.6 Å². The third kappa shape index (κ3) is 4.45. The maximum absolute atomic E-state index is 12.5. The first-order valence-electron chi connectivity index (χ1n) is 8.28. The number of rotatable bonds is 4. The minimum Gasteiger partial charge on any atom is -0.340 e. The third-order valence-electron chi connectivity index (χ3n) is 4.05. The molecule has 1 aromatic carbocycles. The highest BCUT2D eigenvalue weighted by molar-refractivity contribution is 6.09. The Bertz CT molecular complexity index is 913. The van der Waals surface area contributed by atoms with Gasteiger partial charge in [-0.15, -0.1) is 0 Å². The summed E-state index contributed by atoms with van der Waals surface area (Å²) in [4.78, 5) is 39.7. The molecule has 0 saturated carbocycles. The second kappa shape index (κ2) is 7.67. The van der Waals surface area contributed by atoms with Crippen LogP contribution < -0.4 is 16.0 Å². The van der Waals surface area contributed by atoms with Gasteiger partial charge in [-0.25, -0.2) is 4.98 Å². The molecule has 146 valence electrons. The zero-order valence-corrected chi connectivity index (χ0v) is 14.3. The van der Waals surface area contributed by atoms with Crippen LogP contribution in [-0.4, -0.2) is 28.7 Å². The van der Waals surface area contributed by atoms with E-state index in [4.69, 9.17) is 0 Å². The van der Waals surface area contributed by atoms with E-state index in [2.05, 4.69) is 20.9 Å². The summed E-state index contributed by atoms with van der Waals surface area (Å²) in [7, 11) is 0. The topological polar surface area (TPSA) is 100 Å². The van der Waals surface area contributed by atoms with E-state index in [0.29, 0.717) is 11.3 Å². The van der Waals surface area contributed by atoms with Crippen LogP contribution in [0.2, 0.25) is 0 Å². The van der Waals surface area contributed by atoms with Crippen LogP contribution in [0, 0.1) is 0 Å². The van der Waals surface area contributed by atoms with Crippen molar-refractivity contribution in [2.45, 2.75) is 25.1 Å². The number of pyridine rings is 1. The molecule has 28 heavy (non-hydrogen) atoms. The Morgan fingerprint density at radius 1 is 1.14 bits per heavy atom. The number of halogens is 3. The van der Waals surface area contributed by atoms with E-state index in [-0.39, 0.29) is 18.5 Å². The molecule has 1 aliphatic heterocycles. The van der Waals surface area contributed by atoms with Crippen LogP contribution in [0.3, 0.4) is 0 Å². The van der Waals surface area contributed by atoms with E-state index in [1.165, 1.54) is 0 Å². The first-order valence-corrected chi connectivity index (χ1v) is 8.28. The first kappa shape index (κ1) is 19.3. The maximum Gasteiger partial charge on any atom is 0.433 e. The van der Waals surface area contributed by atoms with Gasteiger partial charge in [0.25, 0.3) is 5.91 Å². The lowest BCUT2D eigenvalue weighted by atomic mass is 10.1. The third-order valence-corrected chi connectivity index (χ3v) is 4.05. The van der Waals surface area contributed by atoms with Gasteiger partial charge in [0.05, 0.1) is 23.1 Å². The molecule has 3 N–H and O–H groups in total. The van der Waals surface area contributed by atoms with Crippen molar-refractivity contribution in [1.29, 1.82) is 0 Å². The highest BCUT2D eigenvalue weighted by atomic mass is 19.4. The molecule has 0 fully saturated rings. The number of aromatic nitrogens is 1. The molecule has 0 unspecified atom stereocenters. The maximum atomic E-state index is 12.5. The van der Waals surface area contributed by atoms with E-state index >= 15 is 0 Å². The summed E-state index contributed by atoms with van der Waals surface area (Å²) in [5.41, 5.74) is -0.269. The average molecular weight is 392 g/mol. The summed E-state index contributed by atoms with van der Waals surface area (Å²) >= 11 is 0. The number of para-hydroxylation sites is 1. The van der Waals surface area contributed by atoms with Crippen LogP contribution in [0.15, 0.2) is 42.6 Å². The molecule has 10 heteroatoms. The second-order valence-electron chi connectivity index (χ2n) is 6.08. The number of fused-ring (bicyclic) bond motifs is 1. The molecule has 2 heterocycles. The fraction of sp³-hybridized carbons (Fsp3) is 0.222. The monoisotopic (exact) mass is 392 g/mol. The van der Waals surface area contributed by atoms with Gasteiger partial charge in [0.2, 0.25) is 11.8 Å². The number of nitrogens with one attached hydrogen (secondary N) is 3. The highest BCUT2D eigenvalue weighted by Crippen LogP contribution is 2.27. The number of hydrogen-bond donors (Lipinski definition) is 3. The molecule has 1 aromatic heterocycles. The smallest absolute Gasteiger partial charge is 0.340 e. The summed E-state index contributed by atoms with van der Waals surface area (Å²) in [5.74, 6) is -1.42. The van der Waals surface area contributed by atoms with Crippen molar-refractivity contribution in [1.82, 2.24) is 10.3 Å². The van der Waals surface area contributed by atoms with Gasteiger partial charge >= 0.3 is 6.18 Å². The molecular formula is C18H15F3N4O3. The molecular weight excluding hydrogens is 377 g/mol. The summed E-state index contributed by atoms with van der Waals surface area (Å²) in [5, 5.41) is 7.59. The lowest BCUT2D eigenvalue weighted by Crippen LogP contribution is -2.41. The number of alkyl halides is 3. The minimum atomic E-state index is -4.56. The quantitative estimate of drug-likeness (QED) is 0.745. The SMILES string of the molecule is O=C(CC[C@H]1NC(=O)c2ccccc2NC1=O)Nc1ccc(C(F)(F)F)nc1.